The summed E-state index contributed by atoms with van der Waals surface area (Å²) in [5.41, 5.74) is 0. The van der Waals surface area contributed by atoms with Crippen LogP contribution in [0.4, 0.5) is 0 Å². The van der Waals surface area contributed by atoms with Crippen LogP contribution in [0.3, 0.4) is 0 Å². The third-order valence-electron chi connectivity index (χ3n) is 0.578. The number of hydrogen-bond donors (Lipinski definition) is 0. The van der Waals surface area contributed by atoms with E-state index < -0.39 is 0 Å². The molecule has 0 rings (SSSR count). The Labute approximate surface area is 49.7 Å². The van der Waals surface area contributed by atoms with E-state index in [2.05, 4.69) is 6.58 Å². The molecule has 0 fully saturated rings. The summed E-state index contributed by atoms with van der Waals surface area (Å²) in [7, 11) is 0. The Bertz CT molecular complexity index is 116. The second-order valence-electron chi connectivity index (χ2n) is 1.40. The number of hydrogen-bond acceptors (Lipinski definition) is 0. The minimum atomic E-state index is 0.0584. The van der Waals surface area contributed by atoms with Crippen molar-refractivity contribution in [3.05, 3.63) is 36.6 Å². The molecule has 0 saturated carbocycles. The SMILES string of the molecule is C=CC=CC=C(C)[O]. The van der Waals surface area contributed by atoms with Crippen molar-refractivity contribution in [2.75, 3.05) is 0 Å². The Hall–Kier alpha value is -0.980. The highest BCUT2D eigenvalue weighted by molar-refractivity contribution is 5.10. The zero-order valence-electron chi connectivity index (χ0n) is 4.92. The van der Waals surface area contributed by atoms with E-state index in [-0.39, 0.29) is 5.76 Å². The van der Waals surface area contributed by atoms with Crippen molar-refractivity contribution in [1.29, 1.82) is 0 Å². The maximum absolute atomic E-state index is 10.2. The molecule has 0 saturated heterocycles. The molecule has 0 bridgehead atoms. The molecular weight excluding hydrogens is 100 g/mol. The van der Waals surface area contributed by atoms with Gasteiger partial charge in [0.1, 0.15) is 0 Å². The zero-order chi connectivity index (χ0) is 6.41. The van der Waals surface area contributed by atoms with Gasteiger partial charge >= 0.3 is 0 Å². The maximum Gasteiger partial charge on any atom is 0.152 e. The van der Waals surface area contributed by atoms with Crippen LogP contribution in [0.2, 0.25) is 0 Å². The smallest absolute Gasteiger partial charge is 0.152 e. The molecule has 0 amide bonds. The summed E-state index contributed by atoms with van der Waals surface area (Å²) in [6.45, 7) is 4.95. The van der Waals surface area contributed by atoms with Crippen LogP contribution in [0.5, 0.6) is 0 Å². The molecular formula is C7H9O. The van der Waals surface area contributed by atoms with Gasteiger partial charge in [0.2, 0.25) is 0 Å². The van der Waals surface area contributed by atoms with Crippen molar-refractivity contribution in [1.82, 2.24) is 0 Å². The van der Waals surface area contributed by atoms with Crippen LogP contribution in [0.15, 0.2) is 36.6 Å². The molecule has 0 aliphatic rings. The minimum Gasteiger partial charge on any atom is -0.295 e. The molecule has 1 nitrogen and oxygen atoms in total. The first-order valence-electron chi connectivity index (χ1n) is 2.40. The van der Waals surface area contributed by atoms with Crippen LogP contribution in [0.25, 0.3) is 0 Å². The predicted molar refractivity (Wildman–Crippen MR) is 33.8 cm³/mol. The molecule has 0 unspecified atom stereocenters. The van der Waals surface area contributed by atoms with Gasteiger partial charge in [0.05, 0.1) is 0 Å². The third-order valence-corrected chi connectivity index (χ3v) is 0.578. The average Bonchev–Trinajstić information content (AvgIpc) is 1.66. The van der Waals surface area contributed by atoms with E-state index in [1.165, 1.54) is 13.0 Å². The summed E-state index contributed by atoms with van der Waals surface area (Å²) in [5.74, 6) is 0.0584. The van der Waals surface area contributed by atoms with E-state index in [0.29, 0.717) is 0 Å². The Kier molecular flexibility index (Phi) is 3.67. The van der Waals surface area contributed by atoms with Crippen LogP contribution in [-0.2, 0) is 5.11 Å². The van der Waals surface area contributed by atoms with Crippen molar-refractivity contribution in [3.63, 3.8) is 0 Å². The molecule has 0 aliphatic carbocycles. The number of rotatable bonds is 2. The average molecular weight is 109 g/mol. The summed E-state index contributed by atoms with van der Waals surface area (Å²) in [4.78, 5) is 0. The van der Waals surface area contributed by atoms with Crippen molar-refractivity contribution in [2.24, 2.45) is 0 Å². The highest BCUT2D eigenvalue weighted by Crippen LogP contribution is 1.85. The lowest BCUT2D eigenvalue weighted by Gasteiger charge is -1.73. The monoisotopic (exact) mass is 109 g/mol. The fourth-order valence-electron chi connectivity index (χ4n) is 0.270. The van der Waals surface area contributed by atoms with Crippen LogP contribution in [0.1, 0.15) is 6.92 Å². The van der Waals surface area contributed by atoms with E-state index in [1.807, 2.05) is 0 Å². The molecule has 0 spiro atoms. The van der Waals surface area contributed by atoms with Crippen LogP contribution >= 0.6 is 0 Å². The zero-order valence-corrected chi connectivity index (χ0v) is 4.92. The van der Waals surface area contributed by atoms with E-state index in [9.17, 15) is 5.11 Å². The van der Waals surface area contributed by atoms with Gasteiger partial charge in [0, 0.05) is 0 Å². The van der Waals surface area contributed by atoms with Crippen LogP contribution in [0, 0.1) is 0 Å². The van der Waals surface area contributed by atoms with Crippen molar-refractivity contribution in [2.45, 2.75) is 6.92 Å². The Morgan fingerprint density at radius 1 is 1.50 bits per heavy atom. The topological polar surface area (TPSA) is 19.9 Å². The van der Waals surface area contributed by atoms with Crippen molar-refractivity contribution < 1.29 is 5.11 Å². The van der Waals surface area contributed by atoms with Gasteiger partial charge in [-0.3, -0.25) is 5.11 Å². The Morgan fingerprint density at radius 3 is 2.50 bits per heavy atom. The molecule has 0 aromatic heterocycles. The van der Waals surface area contributed by atoms with Gasteiger partial charge in [0.15, 0.2) is 5.76 Å². The van der Waals surface area contributed by atoms with Crippen LogP contribution < -0.4 is 0 Å². The Morgan fingerprint density at radius 2 is 2.12 bits per heavy atom. The largest absolute Gasteiger partial charge is 0.295 e. The summed E-state index contributed by atoms with van der Waals surface area (Å²) < 4.78 is 0. The molecule has 8 heavy (non-hydrogen) atoms. The first-order chi connectivity index (χ1) is 3.77. The summed E-state index contributed by atoms with van der Waals surface area (Å²) in [6.07, 6.45) is 6.48. The van der Waals surface area contributed by atoms with Gasteiger partial charge in [-0.05, 0) is 13.0 Å². The molecule has 0 N–H and O–H groups in total. The van der Waals surface area contributed by atoms with Gasteiger partial charge in [-0.15, -0.1) is 0 Å². The third kappa shape index (κ3) is 5.02. The van der Waals surface area contributed by atoms with E-state index >= 15 is 0 Å². The van der Waals surface area contributed by atoms with E-state index in [1.54, 1.807) is 18.2 Å². The van der Waals surface area contributed by atoms with Crippen LogP contribution in [-0.4, -0.2) is 0 Å². The standard InChI is InChI=1S/C7H9O/c1-3-4-5-6-7(2)8/h3-6H,1H2,2H3. The van der Waals surface area contributed by atoms with Gasteiger partial charge in [-0.25, -0.2) is 0 Å². The van der Waals surface area contributed by atoms with E-state index in [0.717, 1.165) is 0 Å². The first-order valence-corrected chi connectivity index (χ1v) is 2.40. The normalized spacial score (nSPS) is 12.4. The molecule has 0 heterocycles. The van der Waals surface area contributed by atoms with Gasteiger partial charge in [-0.2, -0.15) is 0 Å². The molecule has 1 heteroatoms. The lowest BCUT2D eigenvalue weighted by Crippen LogP contribution is -1.60. The molecule has 43 valence electrons. The molecule has 0 atom stereocenters. The van der Waals surface area contributed by atoms with Crippen molar-refractivity contribution in [3.8, 4) is 0 Å². The highest BCUT2D eigenvalue weighted by atomic mass is 16.3. The molecule has 0 aliphatic heterocycles. The summed E-state index contributed by atoms with van der Waals surface area (Å²) >= 11 is 0. The second kappa shape index (κ2) is 4.19. The fraction of sp³-hybridized carbons (Fsp3) is 0.143. The fourth-order valence-corrected chi connectivity index (χ4v) is 0.270. The minimum absolute atomic E-state index is 0.0584. The molecule has 0 aromatic carbocycles. The summed E-state index contributed by atoms with van der Waals surface area (Å²) in [5, 5.41) is 10.2. The lowest BCUT2D eigenvalue weighted by atomic mass is 10.4. The van der Waals surface area contributed by atoms with Gasteiger partial charge in [0.25, 0.3) is 0 Å². The molecule has 0 aromatic rings. The molecule has 1 radical (unpaired) electrons. The maximum atomic E-state index is 10.2. The Balaban J connectivity index is 3.57. The highest BCUT2D eigenvalue weighted by Gasteiger charge is 1.73. The first kappa shape index (κ1) is 7.02. The summed E-state index contributed by atoms with van der Waals surface area (Å²) in [6, 6.07) is 0. The predicted octanol–water partition coefficient (Wildman–Crippen LogP) is 2.06. The lowest BCUT2D eigenvalue weighted by molar-refractivity contribution is 0.300. The number of allylic oxidation sites excluding steroid dienone is 5. The quantitative estimate of drug-likeness (QED) is 0.382. The second-order valence-corrected chi connectivity index (χ2v) is 1.40. The van der Waals surface area contributed by atoms with Gasteiger partial charge < -0.3 is 0 Å². The van der Waals surface area contributed by atoms with Gasteiger partial charge in [-0.1, -0.05) is 24.8 Å². The van der Waals surface area contributed by atoms with E-state index in [4.69, 9.17) is 0 Å². The van der Waals surface area contributed by atoms with Crippen molar-refractivity contribution >= 4 is 0 Å².